The van der Waals surface area contributed by atoms with Gasteiger partial charge in [-0.2, -0.15) is 4.98 Å². The number of nitrogens with one attached hydrogen (secondary N) is 1. The average Bonchev–Trinajstić information content (AvgIpc) is 3.49. The number of halogens is 1. The lowest BCUT2D eigenvalue weighted by Crippen LogP contribution is -2.19. The zero-order valence-corrected chi connectivity index (χ0v) is 18.4. The van der Waals surface area contributed by atoms with Gasteiger partial charge < -0.3 is 23.9 Å². The topological polar surface area (TPSA) is 108 Å². The number of hydrogen-bond donors (Lipinski definition) is 1. The molecule has 2 aromatic heterocycles. The number of benzene rings is 2. The van der Waals surface area contributed by atoms with Crippen molar-refractivity contribution in [1.29, 1.82) is 0 Å². The first-order valence-corrected chi connectivity index (χ1v) is 10.4. The van der Waals surface area contributed by atoms with Crippen LogP contribution in [0.1, 0.15) is 17.3 Å². The fourth-order valence-corrected chi connectivity index (χ4v) is 3.26. The molecule has 0 aliphatic carbocycles. The molecule has 0 aliphatic heterocycles. The molecule has 4 aromatic rings. The highest BCUT2D eigenvalue weighted by Crippen LogP contribution is 2.26. The Hall–Kier alpha value is -4.47. The van der Waals surface area contributed by atoms with Gasteiger partial charge in [-0.15, -0.1) is 0 Å². The van der Waals surface area contributed by atoms with E-state index in [2.05, 4.69) is 15.5 Å². The average molecular weight is 464 g/mol. The summed E-state index contributed by atoms with van der Waals surface area (Å²) in [5.74, 6) is -0.755. The third-order valence-corrected chi connectivity index (χ3v) is 4.88. The Bertz CT molecular complexity index is 1310. The summed E-state index contributed by atoms with van der Waals surface area (Å²) in [5.41, 5.74) is 1.89. The fourth-order valence-electron chi connectivity index (χ4n) is 3.26. The van der Waals surface area contributed by atoms with Crippen molar-refractivity contribution < 1.29 is 28.0 Å². The Morgan fingerprint density at radius 1 is 1.15 bits per heavy atom. The Morgan fingerprint density at radius 3 is 2.65 bits per heavy atom. The van der Waals surface area contributed by atoms with E-state index in [1.807, 2.05) is 0 Å². The van der Waals surface area contributed by atoms with Gasteiger partial charge in [0.05, 0.1) is 19.3 Å². The monoisotopic (exact) mass is 464 g/mol. The van der Waals surface area contributed by atoms with Gasteiger partial charge in [0.2, 0.25) is 11.7 Å². The van der Waals surface area contributed by atoms with Crippen LogP contribution >= 0.6 is 0 Å². The van der Waals surface area contributed by atoms with Crippen molar-refractivity contribution in [2.75, 3.05) is 19.0 Å². The number of aromatic nitrogens is 3. The lowest BCUT2D eigenvalue weighted by atomic mass is 10.2. The predicted molar refractivity (Wildman–Crippen MR) is 121 cm³/mol. The summed E-state index contributed by atoms with van der Waals surface area (Å²) in [6, 6.07) is 14.2. The van der Waals surface area contributed by atoms with Gasteiger partial charge in [0, 0.05) is 17.4 Å². The van der Waals surface area contributed by atoms with Crippen LogP contribution in [0.15, 0.2) is 65.3 Å². The second-order valence-electron chi connectivity index (χ2n) is 7.14. The summed E-state index contributed by atoms with van der Waals surface area (Å²) in [6.45, 7) is 2.00. The molecule has 0 spiro atoms. The summed E-state index contributed by atoms with van der Waals surface area (Å²) in [6.07, 6.45) is 1.70. The minimum absolute atomic E-state index is 0.0170. The van der Waals surface area contributed by atoms with Gasteiger partial charge >= 0.3 is 5.97 Å². The van der Waals surface area contributed by atoms with Crippen LogP contribution in [0.3, 0.4) is 0 Å². The maximum absolute atomic E-state index is 14.0. The molecule has 2 aromatic carbocycles. The first-order valence-electron chi connectivity index (χ1n) is 10.4. The van der Waals surface area contributed by atoms with Crippen LogP contribution in [-0.2, 0) is 16.1 Å². The van der Waals surface area contributed by atoms with E-state index >= 15 is 0 Å². The van der Waals surface area contributed by atoms with Crippen LogP contribution in [0.4, 0.5) is 10.1 Å². The number of methoxy groups -OCH3 is 1. The van der Waals surface area contributed by atoms with Crippen LogP contribution in [0, 0.1) is 5.82 Å². The molecule has 0 radical (unpaired) electrons. The van der Waals surface area contributed by atoms with Crippen molar-refractivity contribution in [3.63, 3.8) is 0 Å². The van der Waals surface area contributed by atoms with Crippen molar-refractivity contribution in [2.45, 2.75) is 13.5 Å². The van der Waals surface area contributed by atoms with Gasteiger partial charge in [0.1, 0.15) is 12.2 Å². The molecule has 1 N–H and O–H groups in total. The minimum Gasteiger partial charge on any atom is -0.494 e. The first-order chi connectivity index (χ1) is 16.5. The molecular weight excluding hydrogens is 443 g/mol. The number of nitrogens with zero attached hydrogens (tertiary/aromatic N) is 3. The second kappa shape index (κ2) is 9.99. The van der Waals surface area contributed by atoms with Gasteiger partial charge in [-0.1, -0.05) is 5.16 Å². The number of esters is 1. The van der Waals surface area contributed by atoms with Crippen molar-refractivity contribution in [3.05, 3.63) is 72.2 Å². The van der Waals surface area contributed by atoms with Gasteiger partial charge in [0.25, 0.3) is 5.89 Å². The Kier molecular flexibility index (Phi) is 6.67. The smallest absolute Gasteiger partial charge is 0.338 e. The number of rotatable bonds is 8. The van der Waals surface area contributed by atoms with Gasteiger partial charge in [-0.25, -0.2) is 9.18 Å². The van der Waals surface area contributed by atoms with E-state index in [4.69, 9.17) is 14.0 Å². The van der Waals surface area contributed by atoms with Crippen LogP contribution in [-0.4, -0.2) is 40.3 Å². The maximum Gasteiger partial charge on any atom is 0.338 e. The van der Waals surface area contributed by atoms with Crippen LogP contribution < -0.4 is 10.1 Å². The lowest BCUT2D eigenvalue weighted by molar-refractivity contribution is -0.116. The number of amides is 1. The summed E-state index contributed by atoms with van der Waals surface area (Å²) < 4.78 is 30.9. The summed E-state index contributed by atoms with van der Waals surface area (Å²) in [7, 11) is 1.38. The van der Waals surface area contributed by atoms with Gasteiger partial charge in [-0.3, -0.25) is 4.79 Å². The molecule has 2 heterocycles. The molecular formula is C24H21FN4O5. The van der Waals surface area contributed by atoms with Crippen molar-refractivity contribution >= 4 is 17.6 Å². The van der Waals surface area contributed by atoms with E-state index in [1.54, 1.807) is 60.2 Å². The van der Waals surface area contributed by atoms with Crippen molar-refractivity contribution in [2.24, 2.45) is 0 Å². The fraction of sp³-hybridized carbons (Fsp3) is 0.167. The van der Waals surface area contributed by atoms with E-state index < -0.39 is 11.8 Å². The van der Waals surface area contributed by atoms with E-state index in [1.165, 1.54) is 19.2 Å². The molecule has 9 nitrogen and oxygen atoms in total. The molecule has 1 amide bonds. The SMILES string of the molecule is CCOC(=O)c1ccc(NC(=O)Cn2cccc2-c2nc(-c3ccc(OC)c(F)c3)no2)cc1. The number of anilines is 1. The highest BCUT2D eigenvalue weighted by Gasteiger charge is 2.17. The standard InChI is InChI=1S/C24H21FN4O5/c1-3-33-24(31)15-6-9-17(10-7-15)26-21(30)14-29-12-4-5-19(29)23-27-22(28-34-23)16-8-11-20(32-2)18(25)13-16/h4-13H,3,14H2,1-2H3,(H,26,30). The molecule has 174 valence electrons. The zero-order valence-electron chi connectivity index (χ0n) is 18.4. The molecule has 10 heteroatoms. The molecule has 0 saturated heterocycles. The second-order valence-corrected chi connectivity index (χ2v) is 7.14. The third kappa shape index (κ3) is 4.96. The molecule has 0 atom stereocenters. The summed E-state index contributed by atoms with van der Waals surface area (Å²) >= 11 is 0. The van der Waals surface area contributed by atoms with Crippen molar-refractivity contribution in [1.82, 2.24) is 14.7 Å². The predicted octanol–water partition coefficient (Wildman–Crippen LogP) is 4.17. The Labute approximate surface area is 194 Å². The van der Waals surface area contributed by atoms with E-state index in [-0.39, 0.29) is 36.5 Å². The quantitative estimate of drug-likeness (QED) is 0.390. The normalized spacial score (nSPS) is 10.7. The van der Waals surface area contributed by atoms with Crippen LogP contribution in [0.5, 0.6) is 5.75 Å². The number of carbonyl (C=O) groups is 2. The maximum atomic E-state index is 14.0. The van der Waals surface area contributed by atoms with Crippen LogP contribution in [0.2, 0.25) is 0 Å². The molecule has 0 bridgehead atoms. The Balaban J connectivity index is 1.45. The molecule has 34 heavy (non-hydrogen) atoms. The molecule has 0 unspecified atom stereocenters. The van der Waals surface area contributed by atoms with Crippen molar-refractivity contribution in [3.8, 4) is 28.7 Å². The largest absolute Gasteiger partial charge is 0.494 e. The van der Waals surface area contributed by atoms with E-state index in [9.17, 15) is 14.0 Å². The van der Waals surface area contributed by atoms with E-state index in [0.29, 0.717) is 22.5 Å². The zero-order chi connectivity index (χ0) is 24.1. The summed E-state index contributed by atoms with van der Waals surface area (Å²) in [5, 5.41) is 6.69. The Morgan fingerprint density at radius 2 is 1.94 bits per heavy atom. The lowest BCUT2D eigenvalue weighted by Gasteiger charge is -2.09. The molecule has 4 rings (SSSR count). The highest BCUT2D eigenvalue weighted by atomic mass is 19.1. The highest BCUT2D eigenvalue weighted by molar-refractivity contribution is 5.93. The van der Waals surface area contributed by atoms with E-state index in [0.717, 1.165) is 0 Å². The van der Waals surface area contributed by atoms with Crippen LogP contribution in [0.25, 0.3) is 23.0 Å². The van der Waals surface area contributed by atoms with Gasteiger partial charge in [-0.05, 0) is 61.5 Å². The number of hydrogen-bond acceptors (Lipinski definition) is 7. The van der Waals surface area contributed by atoms with Gasteiger partial charge in [0.15, 0.2) is 11.6 Å². The number of ether oxygens (including phenoxy) is 2. The summed E-state index contributed by atoms with van der Waals surface area (Å²) in [4.78, 5) is 28.6. The molecule has 0 aliphatic rings. The molecule has 0 saturated carbocycles. The molecule has 0 fully saturated rings. The first kappa shape index (κ1) is 22.7. The number of carbonyl (C=O) groups excluding carboxylic acids is 2. The minimum atomic E-state index is -0.540. The third-order valence-electron chi connectivity index (χ3n) is 4.88.